The first-order valence-corrected chi connectivity index (χ1v) is 8.44. The summed E-state index contributed by atoms with van der Waals surface area (Å²) in [5, 5.41) is 0. The number of hydrogen-bond acceptors (Lipinski definition) is 5. The molecule has 0 saturated heterocycles. The van der Waals surface area contributed by atoms with Crippen molar-refractivity contribution in [1.29, 1.82) is 0 Å². The molecule has 0 unspecified atom stereocenters. The minimum atomic E-state index is -3.43. The molecule has 0 saturated carbocycles. The standard InChI is InChI=1S/C14H20N2O4S/c1-15-9-10-16(13-7-4-3-6-12(13)15)21(18,19)11-5-8-14(17)20-2/h3-4,6-7H,5,8-11H2,1-2H3. The minimum absolute atomic E-state index is 0.0554. The fourth-order valence-corrected chi connectivity index (χ4v) is 3.92. The largest absolute Gasteiger partial charge is 0.469 e. The molecule has 7 heteroatoms. The van der Waals surface area contributed by atoms with Crippen LogP contribution in [0.15, 0.2) is 24.3 Å². The van der Waals surface area contributed by atoms with Gasteiger partial charge in [-0.1, -0.05) is 12.1 Å². The van der Waals surface area contributed by atoms with Gasteiger partial charge in [-0.15, -0.1) is 0 Å². The second kappa shape index (κ2) is 6.34. The summed E-state index contributed by atoms with van der Waals surface area (Å²) in [6, 6.07) is 7.44. The number of rotatable bonds is 5. The lowest BCUT2D eigenvalue weighted by atomic mass is 10.2. The molecular formula is C14H20N2O4S. The van der Waals surface area contributed by atoms with Gasteiger partial charge in [0.15, 0.2) is 0 Å². The number of sulfonamides is 1. The molecule has 0 aromatic heterocycles. The van der Waals surface area contributed by atoms with Crippen molar-refractivity contribution in [1.82, 2.24) is 0 Å². The third-order valence-electron chi connectivity index (χ3n) is 3.55. The first-order chi connectivity index (χ1) is 9.95. The van der Waals surface area contributed by atoms with Gasteiger partial charge in [-0.3, -0.25) is 9.10 Å². The summed E-state index contributed by atoms with van der Waals surface area (Å²) in [5.74, 6) is -0.441. The maximum Gasteiger partial charge on any atom is 0.305 e. The molecule has 0 aliphatic carbocycles. The first kappa shape index (κ1) is 15.6. The minimum Gasteiger partial charge on any atom is -0.469 e. The maximum absolute atomic E-state index is 12.5. The van der Waals surface area contributed by atoms with Crippen molar-refractivity contribution in [3.8, 4) is 0 Å². The average Bonchev–Trinajstić information content (AvgIpc) is 2.47. The molecule has 6 nitrogen and oxygen atoms in total. The van der Waals surface area contributed by atoms with E-state index in [-0.39, 0.29) is 24.6 Å². The van der Waals surface area contributed by atoms with Gasteiger partial charge in [0.1, 0.15) is 0 Å². The van der Waals surface area contributed by atoms with E-state index >= 15 is 0 Å². The van der Waals surface area contributed by atoms with Crippen LogP contribution in [0.25, 0.3) is 0 Å². The number of carbonyl (C=O) groups is 1. The molecule has 1 aliphatic heterocycles. The van der Waals surface area contributed by atoms with Crippen molar-refractivity contribution < 1.29 is 17.9 Å². The average molecular weight is 312 g/mol. The molecule has 0 amide bonds. The van der Waals surface area contributed by atoms with Gasteiger partial charge in [0.05, 0.1) is 30.8 Å². The van der Waals surface area contributed by atoms with Gasteiger partial charge in [-0.25, -0.2) is 8.42 Å². The Labute approximate surface area is 125 Å². The topological polar surface area (TPSA) is 66.9 Å². The van der Waals surface area contributed by atoms with E-state index in [2.05, 4.69) is 4.74 Å². The number of anilines is 2. The molecule has 0 bridgehead atoms. The summed E-state index contributed by atoms with van der Waals surface area (Å²) in [5.41, 5.74) is 1.60. The fourth-order valence-electron chi connectivity index (χ4n) is 2.38. The summed E-state index contributed by atoms with van der Waals surface area (Å²) < 4.78 is 30.9. The van der Waals surface area contributed by atoms with Gasteiger partial charge in [-0.2, -0.15) is 0 Å². The molecule has 1 aliphatic rings. The normalized spacial score (nSPS) is 14.8. The van der Waals surface area contributed by atoms with Crippen LogP contribution >= 0.6 is 0 Å². The number of para-hydroxylation sites is 2. The molecule has 1 aromatic carbocycles. The predicted octanol–water partition coefficient (Wildman–Crippen LogP) is 1.23. The lowest BCUT2D eigenvalue weighted by Crippen LogP contribution is -2.43. The van der Waals surface area contributed by atoms with Crippen molar-refractivity contribution in [3.05, 3.63) is 24.3 Å². The number of nitrogens with zero attached hydrogens (tertiary/aromatic N) is 2. The molecule has 0 N–H and O–H groups in total. The van der Waals surface area contributed by atoms with E-state index in [1.54, 1.807) is 0 Å². The molecule has 0 fully saturated rings. The first-order valence-electron chi connectivity index (χ1n) is 6.83. The molecule has 2 rings (SSSR count). The van der Waals surface area contributed by atoms with Crippen molar-refractivity contribution in [2.75, 3.05) is 42.2 Å². The van der Waals surface area contributed by atoms with E-state index in [1.165, 1.54) is 11.4 Å². The van der Waals surface area contributed by atoms with Crippen LogP contribution in [0.5, 0.6) is 0 Å². The summed E-state index contributed by atoms with van der Waals surface area (Å²) in [6.45, 7) is 1.07. The molecule has 1 heterocycles. The smallest absolute Gasteiger partial charge is 0.305 e. The highest BCUT2D eigenvalue weighted by Crippen LogP contribution is 2.33. The van der Waals surface area contributed by atoms with E-state index < -0.39 is 10.0 Å². The molecule has 0 radical (unpaired) electrons. The van der Waals surface area contributed by atoms with E-state index in [0.29, 0.717) is 18.8 Å². The number of ether oxygens (including phenoxy) is 1. The van der Waals surface area contributed by atoms with Crippen LogP contribution in [-0.2, 0) is 19.6 Å². The molecule has 0 spiro atoms. The molecule has 0 atom stereocenters. The Morgan fingerprint density at radius 2 is 1.90 bits per heavy atom. The monoisotopic (exact) mass is 312 g/mol. The number of benzene rings is 1. The highest BCUT2D eigenvalue weighted by atomic mass is 32.2. The number of likely N-dealkylation sites (N-methyl/N-ethyl adjacent to an activating group) is 1. The van der Waals surface area contributed by atoms with Gasteiger partial charge in [0.25, 0.3) is 0 Å². The van der Waals surface area contributed by atoms with Crippen LogP contribution in [0.3, 0.4) is 0 Å². The van der Waals surface area contributed by atoms with Gasteiger partial charge in [0.2, 0.25) is 10.0 Å². The zero-order chi connectivity index (χ0) is 15.5. The van der Waals surface area contributed by atoms with Crippen LogP contribution in [-0.4, -0.2) is 47.4 Å². The zero-order valence-electron chi connectivity index (χ0n) is 12.3. The number of esters is 1. The van der Waals surface area contributed by atoms with Crippen molar-refractivity contribution >= 4 is 27.4 Å². The summed E-state index contributed by atoms with van der Waals surface area (Å²) in [4.78, 5) is 13.1. The third kappa shape index (κ3) is 3.47. The third-order valence-corrected chi connectivity index (χ3v) is 5.40. The SMILES string of the molecule is COC(=O)CCCS(=O)(=O)N1CCN(C)c2ccccc21. The fraction of sp³-hybridized carbons (Fsp3) is 0.500. The lowest BCUT2D eigenvalue weighted by Gasteiger charge is -2.36. The van der Waals surface area contributed by atoms with Gasteiger partial charge in [-0.05, 0) is 18.6 Å². The lowest BCUT2D eigenvalue weighted by molar-refractivity contribution is -0.140. The number of fused-ring (bicyclic) bond motifs is 1. The Morgan fingerprint density at radius 1 is 1.24 bits per heavy atom. The van der Waals surface area contributed by atoms with Gasteiger partial charge < -0.3 is 9.64 Å². The van der Waals surface area contributed by atoms with E-state index in [9.17, 15) is 13.2 Å². The molecule has 116 valence electrons. The quantitative estimate of drug-likeness (QED) is 0.765. The summed E-state index contributed by atoms with van der Waals surface area (Å²) >= 11 is 0. The van der Waals surface area contributed by atoms with E-state index in [0.717, 1.165) is 5.69 Å². The maximum atomic E-state index is 12.5. The van der Waals surface area contributed by atoms with Crippen LogP contribution < -0.4 is 9.21 Å². The molecule has 1 aromatic rings. The highest BCUT2D eigenvalue weighted by Gasteiger charge is 2.28. The van der Waals surface area contributed by atoms with Crippen LogP contribution in [0, 0.1) is 0 Å². The van der Waals surface area contributed by atoms with E-state index in [4.69, 9.17) is 0 Å². The number of hydrogen-bond donors (Lipinski definition) is 0. The Bertz CT molecular complexity index is 615. The Morgan fingerprint density at radius 3 is 2.57 bits per heavy atom. The zero-order valence-corrected chi connectivity index (χ0v) is 13.1. The Balaban J connectivity index is 2.14. The predicted molar refractivity (Wildman–Crippen MR) is 82.1 cm³/mol. The van der Waals surface area contributed by atoms with Gasteiger partial charge in [0, 0.05) is 20.0 Å². The summed E-state index contributed by atoms with van der Waals surface area (Å²) in [6.07, 6.45) is 0.384. The van der Waals surface area contributed by atoms with Crippen LogP contribution in [0.2, 0.25) is 0 Å². The number of methoxy groups -OCH3 is 1. The molecule has 21 heavy (non-hydrogen) atoms. The van der Waals surface area contributed by atoms with Crippen LogP contribution in [0.4, 0.5) is 11.4 Å². The van der Waals surface area contributed by atoms with Crippen molar-refractivity contribution in [2.45, 2.75) is 12.8 Å². The second-order valence-corrected chi connectivity index (χ2v) is 6.99. The Hall–Kier alpha value is -1.76. The van der Waals surface area contributed by atoms with Crippen molar-refractivity contribution in [3.63, 3.8) is 0 Å². The summed E-state index contributed by atoms with van der Waals surface area (Å²) in [7, 11) is -0.182. The van der Waals surface area contributed by atoms with Crippen LogP contribution in [0.1, 0.15) is 12.8 Å². The Kier molecular flexibility index (Phi) is 4.72. The second-order valence-electron chi connectivity index (χ2n) is 4.98. The number of carbonyl (C=O) groups excluding carboxylic acids is 1. The van der Waals surface area contributed by atoms with E-state index in [1.807, 2.05) is 36.2 Å². The van der Waals surface area contributed by atoms with Crippen molar-refractivity contribution in [2.24, 2.45) is 0 Å². The molecular weight excluding hydrogens is 292 g/mol. The highest BCUT2D eigenvalue weighted by molar-refractivity contribution is 7.92. The van der Waals surface area contributed by atoms with Gasteiger partial charge >= 0.3 is 5.97 Å².